The Balaban J connectivity index is 2.07. The van der Waals surface area contributed by atoms with Crippen LogP contribution in [-0.4, -0.2) is 32.1 Å². The van der Waals surface area contributed by atoms with Crippen LogP contribution in [0.5, 0.6) is 11.5 Å². The van der Waals surface area contributed by atoms with Gasteiger partial charge in [0.25, 0.3) is 0 Å². The maximum Gasteiger partial charge on any atom is 0.343 e. The molecular weight excluding hydrogens is 400 g/mol. The molecule has 3 rings (SSSR count). The van der Waals surface area contributed by atoms with E-state index in [2.05, 4.69) is 10.8 Å². The number of esters is 1. The molecule has 0 aromatic heterocycles. The lowest BCUT2D eigenvalue weighted by Gasteiger charge is -2.37. The Bertz CT molecular complexity index is 1020. The number of hydrogen-bond acceptors (Lipinski definition) is 8. The van der Waals surface area contributed by atoms with Gasteiger partial charge in [0.1, 0.15) is 17.4 Å². The summed E-state index contributed by atoms with van der Waals surface area (Å²) in [7, 11) is 1.28. The molecule has 0 saturated heterocycles. The summed E-state index contributed by atoms with van der Waals surface area (Å²) in [5.74, 6) is -0.0105. The zero-order chi connectivity index (χ0) is 22.8. The second kappa shape index (κ2) is 8.72. The molecule has 1 aliphatic heterocycles. The minimum atomic E-state index is -0.661. The van der Waals surface area contributed by atoms with E-state index in [4.69, 9.17) is 19.9 Å². The van der Waals surface area contributed by atoms with E-state index < -0.39 is 11.9 Å². The van der Waals surface area contributed by atoms with Gasteiger partial charge in [0.15, 0.2) is 23.9 Å². The summed E-state index contributed by atoms with van der Waals surface area (Å²) < 4.78 is 21.5. The van der Waals surface area contributed by atoms with Gasteiger partial charge in [-0.1, -0.05) is 19.9 Å². The van der Waals surface area contributed by atoms with Crippen LogP contribution in [0.1, 0.15) is 45.1 Å². The van der Waals surface area contributed by atoms with Crippen molar-refractivity contribution in [3.05, 3.63) is 46.6 Å². The van der Waals surface area contributed by atoms with E-state index >= 15 is 0 Å². The Morgan fingerprint density at radius 3 is 2.68 bits per heavy atom. The third-order valence-electron chi connectivity index (χ3n) is 5.25. The van der Waals surface area contributed by atoms with Crippen LogP contribution in [0.2, 0.25) is 0 Å². The van der Waals surface area contributed by atoms with Gasteiger partial charge in [-0.3, -0.25) is 4.79 Å². The van der Waals surface area contributed by atoms with Crippen LogP contribution in [0.4, 0.5) is 0 Å². The van der Waals surface area contributed by atoms with E-state index in [1.807, 2.05) is 20.8 Å². The van der Waals surface area contributed by atoms with Crippen molar-refractivity contribution in [1.82, 2.24) is 0 Å². The molecule has 1 atom stereocenters. The second-order valence-electron chi connectivity index (χ2n) is 8.21. The third-order valence-corrected chi connectivity index (χ3v) is 5.25. The Kier molecular flexibility index (Phi) is 6.25. The van der Waals surface area contributed by atoms with E-state index in [9.17, 15) is 14.9 Å². The smallest absolute Gasteiger partial charge is 0.343 e. The highest BCUT2D eigenvalue weighted by Gasteiger charge is 2.43. The molecule has 8 nitrogen and oxygen atoms in total. The molecule has 1 heterocycles. The van der Waals surface area contributed by atoms with E-state index in [0.29, 0.717) is 47.8 Å². The first-order valence-corrected chi connectivity index (χ1v) is 10.0. The fraction of sp³-hybridized carbons (Fsp3) is 0.435. The summed E-state index contributed by atoms with van der Waals surface area (Å²) in [5, 5.41) is 9.76. The maximum absolute atomic E-state index is 13.1. The van der Waals surface area contributed by atoms with Crippen molar-refractivity contribution in [3.63, 3.8) is 0 Å². The van der Waals surface area contributed by atoms with Crippen LogP contribution >= 0.6 is 0 Å². The highest BCUT2D eigenvalue weighted by molar-refractivity contribution is 6.00. The lowest BCUT2D eigenvalue weighted by molar-refractivity contribution is -0.142. The molecule has 0 amide bonds. The van der Waals surface area contributed by atoms with Crippen LogP contribution in [0, 0.1) is 16.7 Å². The third kappa shape index (κ3) is 4.50. The molecule has 164 valence electrons. The highest BCUT2D eigenvalue weighted by Crippen LogP contribution is 2.48. The number of Topliss-reactive ketones (excluding diaryl/α,β-unsaturated/α-hetero) is 1. The number of carbonyl (C=O) groups is 2. The molecule has 0 spiro atoms. The Morgan fingerprint density at radius 2 is 2.03 bits per heavy atom. The summed E-state index contributed by atoms with van der Waals surface area (Å²) in [6.07, 6.45) is 0.894. The first kappa shape index (κ1) is 22.2. The van der Waals surface area contributed by atoms with E-state index in [1.54, 1.807) is 18.2 Å². The summed E-state index contributed by atoms with van der Waals surface area (Å²) in [6, 6.07) is 7.17. The number of nitrogens with zero attached hydrogens (tertiary/aromatic N) is 1. The number of ether oxygens (including phenoxy) is 4. The predicted octanol–water partition coefficient (Wildman–Crippen LogP) is 3.09. The largest absolute Gasteiger partial charge is 0.490 e. The van der Waals surface area contributed by atoms with Gasteiger partial charge in [-0.05, 0) is 30.0 Å². The molecular formula is C23H26N2O6. The highest BCUT2D eigenvalue weighted by atomic mass is 16.6. The molecule has 8 heteroatoms. The summed E-state index contributed by atoms with van der Waals surface area (Å²) in [5.41, 5.74) is 7.09. The molecule has 1 aromatic rings. The number of nitriles is 1. The predicted molar refractivity (Wildman–Crippen MR) is 111 cm³/mol. The number of benzene rings is 1. The average molecular weight is 426 g/mol. The van der Waals surface area contributed by atoms with E-state index in [-0.39, 0.29) is 29.3 Å². The van der Waals surface area contributed by atoms with Crippen molar-refractivity contribution >= 4 is 11.8 Å². The zero-order valence-electron chi connectivity index (χ0n) is 18.1. The average Bonchev–Trinajstić information content (AvgIpc) is 2.70. The fourth-order valence-electron chi connectivity index (χ4n) is 3.91. The lowest BCUT2D eigenvalue weighted by Crippen LogP contribution is -2.33. The zero-order valence-corrected chi connectivity index (χ0v) is 18.1. The molecule has 0 unspecified atom stereocenters. The summed E-state index contributed by atoms with van der Waals surface area (Å²) in [6.45, 7) is 5.89. The molecule has 1 aliphatic carbocycles. The lowest BCUT2D eigenvalue weighted by atomic mass is 9.70. The van der Waals surface area contributed by atoms with Crippen LogP contribution < -0.4 is 15.2 Å². The standard InChI is InChI=1S/C23H26N2O6/c1-5-29-17-8-13(6-7-16(17)30-12-19(27)28-4)20-14(11-24)22(25)31-18-10-23(2,3)9-15(26)21(18)20/h6-8,20H,5,9-10,12,25H2,1-4H3/t20-/m1/s1. The number of carbonyl (C=O) groups excluding carboxylic acids is 2. The number of hydrogen-bond donors (Lipinski definition) is 1. The number of nitrogens with two attached hydrogens (primary N) is 1. The molecule has 0 radical (unpaired) electrons. The van der Waals surface area contributed by atoms with Gasteiger partial charge in [0.05, 0.1) is 19.6 Å². The van der Waals surface area contributed by atoms with Crippen molar-refractivity contribution in [2.24, 2.45) is 11.1 Å². The topological polar surface area (TPSA) is 121 Å². The summed E-state index contributed by atoms with van der Waals surface area (Å²) >= 11 is 0. The number of ketones is 1. The molecule has 0 fully saturated rings. The minimum Gasteiger partial charge on any atom is -0.490 e. The van der Waals surface area contributed by atoms with Crippen molar-refractivity contribution in [2.75, 3.05) is 20.3 Å². The van der Waals surface area contributed by atoms with Crippen molar-refractivity contribution in [2.45, 2.75) is 39.5 Å². The van der Waals surface area contributed by atoms with Gasteiger partial charge in [-0.25, -0.2) is 4.79 Å². The van der Waals surface area contributed by atoms with Crippen LogP contribution in [0.25, 0.3) is 0 Å². The van der Waals surface area contributed by atoms with Gasteiger partial charge in [-0.2, -0.15) is 5.26 Å². The molecule has 2 aliphatic rings. The quantitative estimate of drug-likeness (QED) is 0.689. The van der Waals surface area contributed by atoms with Crippen molar-refractivity contribution in [3.8, 4) is 17.6 Å². The first-order valence-electron chi connectivity index (χ1n) is 10.0. The van der Waals surface area contributed by atoms with Gasteiger partial charge in [0.2, 0.25) is 5.88 Å². The van der Waals surface area contributed by atoms with Gasteiger partial charge in [-0.15, -0.1) is 0 Å². The SMILES string of the molecule is CCOc1cc([C@@H]2C(C#N)=C(N)OC3=C2C(=O)CC(C)(C)C3)ccc1OCC(=O)OC. The molecule has 0 bridgehead atoms. The van der Waals surface area contributed by atoms with Gasteiger partial charge >= 0.3 is 5.97 Å². The van der Waals surface area contributed by atoms with E-state index in [0.717, 1.165) is 0 Å². The van der Waals surface area contributed by atoms with Crippen LogP contribution in [-0.2, 0) is 19.1 Å². The fourth-order valence-corrected chi connectivity index (χ4v) is 3.91. The van der Waals surface area contributed by atoms with Gasteiger partial charge in [0, 0.05) is 18.4 Å². The normalized spacial score (nSPS) is 19.8. The monoisotopic (exact) mass is 426 g/mol. The number of rotatable bonds is 6. The van der Waals surface area contributed by atoms with Crippen molar-refractivity contribution in [1.29, 1.82) is 5.26 Å². The molecule has 31 heavy (non-hydrogen) atoms. The molecule has 2 N–H and O–H groups in total. The molecule has 1 aromatic carbocycles. The number of methoxy groups -OCH3 is 1. The molecule has 0 saturated carbocycles. The number of allylic oxidation sites excluding steroid dienone is 3. The van der Waals surface area contributed by atoms with E-state index in [1.165, 1.54) is 7.11 Å². The maximum atomic E-state index is 13.1. The Hall–Kier alpha value is -3.47. The second-order valence-corrected chi connectivity index (χ2v) is 8.21. The van der Waals surface area contributed by atoms with Crippen molar-refractivity contribution < 1.29 is 28.5 Å². The summed E-state index contributed by atoms with van der Waals surface area (Å²) in [4.78, 5) is 24.5. The van der Waals surface area contributed by atoms with Crippen LogP contribution in [0.15, 0.2) is 41.0 Å². The Labute approximate surface area is 181 Å². The minimum absolute atomic E-state index is 0.000674. The first-order chi connectivity index (χ1) is 14.7. The Morgan fingerprint density at radius 1 is 1.29 bits per heavy atom. The van der Waals surface area contributed by atoms with Crippen LogP contribution in [0.3, 0.4) is 0 Å². The van der Waals surface area contributed by atoms with Gasteiger partial charge < -0.3 is 24.7 Å².